The quantitative estimate of drug-likeness (QED) is 0.831. The summed E-state index contributed by atoms with van der Waals surface area (Å²) in [5.74, 6) is 0.587. The summed E-state index contributed by atoms with van der Waals surface area (Å²) < 4.78 is 29.9. The molecule has 2 aromatic rings. The average molecular weight is 337 g/mol. The fraction of sp³-hybridized carbons (Fsp3) is 0.333. The van der Waals surface area contributed by atoms with E-state index in [-0.39, 0.29) is 25.4 Å². The predicted molar refractivity (Wildman–Crippen MR) is 86.2 cm³/mol. The van der Waals surface area contributed by atoms with Crippen LogP contribution in [0.1, 0.15) is 17.7 Å². The summed E-state index contributed by atoms with van der Waals surface area (Å²) in [5.41, 5.74) is 0.866. The molecule has 1 aromatic heterocycles. The Morgan fingerprint density at radius 1 is 1.30 bits per heavy atom. The van der Waals surface area contributed by atoms with Crippen molar-refractivity contribution in [2.75, 3.05) is 18.1 Å². The van der Waals surface area contributed by atoms with Gasteiger partial charge in [-0.25, -0.2) is 8.42 Å². The number of aryl methyl sites for hydroxylation is 1. The number of sulfonamides is 1. The Balaban J connectivity index is 1.94. The van der Waals surface area contributed by atoms with Gasteiger partial charge in [-0.1, -0.05) is 35.5 Å². The molecule has 124 valence electrons. The summed E-state index contributed by atoms with van der Waals surface area (Å²) in [6.07, 6.45) is 1.17. The maximum absolute atomic E-state index is 11.9. The van der Waals surface area contributed by atoms with Gasteiger partial charge in [-0.15, -0.1) is 0 Å². The zero-order valence-corrected chi connectivity index (χ0v) is 13.8. The van der Waals surface area contributed by atoms with Crippen LogP contribution in [0.5, 0.6) is 0 Å². The number of rotatable bonds is 7. The van der Waals surface area contributed by atoms with Crippen LogP contribution in [0.15, 0.2) is 40.9 Å². The summed E-state index contributed by atoms with van der Waals surface area (Å²) >= 11 is 0. The van der Waals surface area contributed by atoms with Gasteiger partial charge in [-0.3, -0.25) is 4.79 Å². The zero-order chi connectivity index (χ0) is 16.9. The molecule has 0 radical (unpaired) electrons. The molecule has 0 aliphatic heterocycles. The minimum Gasteiger partial charge on any atom is -0.360 e. The molecule has 8 heteroatoms. The van der Waals surface area contributed by atoms with Crippen LogP contribution in [0.4, 0.5) is 5.82 Å². The molecule has 23 heavy (non-hydrogen) atoms. The number of benzene rings is 1. The van der Waals surface area contributed by atoms with E-state index >= 15 is 0 Å². The Morgan fingerprint density at radius 2 is 2.00 bits per heavy atom. The molecule has 0 saturated carbocycles. The lowest BCUT2D eigenvalue weighted by Crippen LogP contribution is -2.32. The molecule has 0 aliphatic carbocycles. The van der Waals surface area contributed by atoms with Gasteiger partial charge in [0.2, 0.25) is 15.9 Å². The van der Waals surface area contributed by atoms with Gasteiger partial charge in [-0.05, 0) is 12.5 Å². The third-order valence-corrected chi connectivity index (χ3v) is 4.40. The maximum atomic E-state index is 11.9. The van der Waals surface area contributed by atoms with Crippen molar-refractivity contribution in [1.29, 1.82) is 0 Å². The molecule has 0 atom stereocenters. The third kappa shape index (κ3) is 5.50. The van der Waals surface area contributed by atoms with Gasteiger partial charge in [0.05, 0.1) is 6.26 Å². The van der Waals surface area contributed by atoms with Crippen molar-refractivity contribution in [2.24, 2.45) is 0 Å². The summed E-state index contributed by atoms with van der Waals surface area (Å²) in [7, 11) is -3.41. The highest BCUT2D eigenvalue weighted by atomic mass is 32.2. The van der Waals surface area contributed by atoms with Gasteiger partial charge >= 0.3 is 0 Å². The van der Waals surface area contributed by atoms with Crippen molar-refractivity contribution in [3.8, 4) is 0 Å². The molecule has 0 saturated heterocycles. The van der Waals surface area contributed by atoms with Crippen LogP contribution in [0, 0.1) is 6.92 Å². The molecular weight excluding hydrogens is 318 g/mol. The highest BCUT2D eigenvalue weighted by molar-refractivity contribution is 7.88. The Bertz CT molecular complexity index is 756. The molecule has 7 nitrogen and oxygen atoms in total. The number of carbonyl (C=O) groups is 1. The lowest BCUT2D eigenvalue weighted by Gasteiger charge is -2.19. The van der Waals surface area contributed by atoms with Gasteiger partial charge < -0.3 is 9.84 Å². The molecule has 0 aliphatic rings. The first-order valence-electron chi connectivity index (χ1n) is 7.07. The standard InChI is InChI=1S/C15H19N3O4S/c1-12-10-14(17-22-12)16-15(19)8-9-18(23(2,20)21)11-13-6-4-3-5-7-13/h3-7,10H,8-9,11H2,1-2H3,(H,16,17,19). The number of amides is 1. The second kappa shape index (κ2) is 7.38. The summed E-state index contributed by atoms with van der Waals surface area (Å²) in [6.45, 7) is 2.04. The number of carbonyl (C=O) groups excluding carboxylic acids is 1. The molecule has 0 bridgehead atoms. The average Bonchev–Trinajstić information content (AvgIpc) is 2.88. The van der Waals surface area contributed by atoms with Crippen molar-refractivity contribution in [2.45, 2.75) is 19.9 Å². The van der Waals surface area contributed by atoms with Crippen LogP contribution in [0.3, 0.4) is 0 Å². The molecule has 1 amide bonds. The van der Waals surface area contributed by atoms with E-state index in [1.807, 2.05) is 30.3 Å². The summed E-state index contributed by atoms with van der Waals surface area (Å²) in [5, 5.41) is 6.23. The highest BCUT2D eigenvalue weighted by Crippen LogP contribution is 2.11. The molecule has 1 heterocycles. The largest absolute Gasteiger partial charge is 0.360 e. The van der Waals surface area contributed by atoms with Crippen LogP contribution >= 0.6 is 0 Å². The molecule has 1 N–H and O–H groups in total. The SMILES string of the molecule is Cc1cc(NC(=O)CCN(Cc2ccccc2)S(C)(=O)=O)no1. The Hall–Kier alpha value is -2.19. The lowest BCUT2D eigenvalue weighted by molar-refractivity contribution is -0.116. The van der Waals surface area contributed by atoms with Crippen LogP contribution in [0.25, 0.3) is 0 Å². The number of anilines is 1. The molecular formula is C15H19N3O4S. The Kier molecular flexibility index (Phi) is 5.51. The van der Waals surface area contributed by atoms with Crippen molar-refractivity contribution >= 4 is 21.7 Å². The van der Waals surface area contributed by atoms with Crippen LogP contribution < -0.4 is 5.32 Å². The van der Waals surface area contributed by atoms with E-state index in [1.54, 1.807) is 13.0 Å². The predicted octanol–water partition coefficient (Wildman–Crippen LogP) is 1.77. The second-order valence-electron chi connectivity index (χ2n) is 5.20. The molecule has 2 rings (SSSR count). The van der Waals surface area contributed by atoms with Crippen molar-refractivity contribution < 1.29 is 17.7 Å². The lowest BCUT2D eigenvalue weighted by atomic mass is 10.2. The fourth-order valence-corrected chi connectivity index (χ4v) is 2.81. The minimum atomic E-state index is -3.41. The van der Waals surface area contributed by atoms with E-state index in [9.17, 15) is 13.2 Å². The Morgan fingerprint density at radius 3 is 2.57 bits per heavy atom. The van der Waals surface area contributed by atoms with E-state index < -0.39 is 10.0 Å². The molecule has 0 fully saturated rings. The maximum Gasteiger partial charge on any atom is 0.226 e. The first-order chi connectivity index (χ1) is 10.8. The van der Waals surface area contributed by atoms with Gasteiger partial charge in [0, 0.05) is 25.6 Å². The first kappa shape index (κ1) is 17.2. The molecule has 0 unspecified atom stereocenters. The van der Waals surface area contributed by atoms with Crippen LogP contribution in [-0.2, 0) is 21.4 Å². The van der Waals surface area contributed by atoms with Gasteiger partial charge in [0.1, 0.15) is 5.76 Å². The van der Waals surface area contributed by atoms with Crippen LogP contribution in [0.2, 0.25) is 0 Å². The van der Waals surface area contributed by atoms with Crippen molar-refractivity contribution in [1.82, 2.24) is 9.46 Å². The fourth-order valence-electron chi connectivity index (χ4n) is 2.01. The van der Waals surface area contributed by atoms with E-state index in [0.29, 0.717) is 11.6 Å². The number of hydrogen-bond donors (Lipinski definition) is 1. The molecule has 1 aromatic carbocycles. The number of nitrogens with zero attached hydrogens (tertiary/aromatic N) is 2. The normalized spacial score (nSPS) is 11.6. The minimum absolute atomic E-state index is 0.0335. The topological polar surface area (TPSA) is 92.5 Å². The number of aromatic nitrogens is 1. The van der Waals surface area contributed by atoms with E-state index in [2.05, 4.69) is 10.5 Å². The van der Waals surface area contributed by atoms with Gasteiger partial charge in [-0.2, -0.15) is 4.31 Å². The van der Waals surface area contributed by atoms with E-state index in [1.165, 1.54) is 4.31 Å². The van der Waals surface area contributed by atoms with E-state index in [0.717, 1.165) is 11.8 Å². The highest BCUT2D eigenvalue weighted by Gasteiger charge is 2.18. The van der Waals surface area contributed by atoms with E-state index in [4.69, 9.17) is 4.52 Å². The zero-order valence-electron chi connectivity index (χ0n) is 13.0. The van der Waals surface area contributed by atoms with Crippen molar-refractivity contribution in [3.05, 3.63) is 47.7 Å². The van der Waals surface area contributed by atoms with Crippen LogP contribution in [-0.4, -0.2) is 36.6 Å². The van der Waals surface area contributed by atoms with Gasteiger partial charge in [0.15, 0.2) is 5.82 Å². The number of nitrogens with one attached hydrogen (secondary N) is 1. The smallest absolute Gasteiger partial charge is 0.226 e. The number of hydrogen-bond acceptors (Lipinski definition) is 5. The van der Waals surface area contributed by atoms with Gasteiger partial charge in [0.25, 0.3) is 0 Å². The summed E-state index contributed by atoms with van der Waals surface area (Å²) in [4.78, 5) is 11.9. The van der Waals surface area contributed by atoms with Crippen molar-refractivity contribution in [3.63, 3.8) is 0 Å². The second-order valence-corrected chi connectivity index (χ2v) is 7.19. The summed E-state index contributed by atoms with van der Waals surface area (Å²) in [6, 6.07) is 10.8. The Labute approximate surface area is 135 Å². The third-order valence-electron chi connectivity index (χ3n) is 3.15. The molecule has 0 spiro atoms. The monoisotopic (exact) mass is 337 g/mol. The first-order valence-corrected chi connectivity index (χ1v) is 8.91.